The van der Waals surface area contributed by atoms with Gasteiger partial charge in [-0.25, -0.2) is 0 Å². The molecule has 0 unspecified atom stereocenters. The molecule has 0 radical (unpaired) electrons. The second-order valence-electron chi connectivity index (χ2n) is 7.62. The zero-order chi connectivity index (χ0) is 20.4. The van der Waals surface area contributed by atoms with E-state index in [2.05, 4.69) is 22.2 Å². The van der Waals surface area contributed by atoms with Gasteiger partial charge in [-0.1, -0.05) is 0 Å². The number of nitrogens with one attached hydrogen (secondary N) is 2. The molecule has 152 valence electrons. The molecule has 1 aliphatic rings. The van der Waals surface area contributed by atoms with Gasteiger partial charge in [0, 0.05) is 12.1 Å². The van der Waals surface area contributed by atoms with Crippen molar-refractivity contribution in [2.45, 2.75) is 19.4 Å². The fourth-order valence-electron chi connectivity index (χ4n) is 3.70. The second kappa shape index (κ2) is 8.34. The number of rotatable bonds is 5. The van der Waals surface area contributed by atoms with Crippen molar-refractivity contribution in [2.75, 3.05) is 26.7 Å². The molecule has 2 N–H and O–H groups in total. The fourth-order valence-corrected chi connectivity index (χ4v) is 3.96. The van der Waals surface area contributed by atoms with E-state index in [-0.39, 0.29) is 18.0 Å². The summed E-state index contributed by atoms with van der Waals surface area (Å²) in [6, 6.07) is 8.61. The Balaban J connectivity index is 1.52. The van der Waals surface area contributed by atoms with E-state index in [0.717, 1.165) is 25.9 Å². The number of benzene rings is 1. The first-order valence-corrected chi connectivity index (χ1v) is 10.2. The average molecular weight is 413 g/mol. The van der Waals surface area contributed by atoms with Crippen LogP contribution in [0.2, 0.25) is 0 Å². The Labute approximate surface area is 173 Å². The molecule has 3 aromatic rings. The number of aromatic nitrogens is 2. The van der Waals surface area contributed by atoms with E-state index in [9.17, 15) is 9.59 Å². The number of amides is 1. The number of hydrogen-bond acceptors (Lipinski definition) is 5. The van der Waals surface area contributed by atoms with Gasteiger partial charge in [-0.05, 0) is 81.4 Å². The molecule has 1 aromatic carbocycles. The number of aromatic amines is 1. The Hall–Kier alpha value is -2.71. The maximum Gasteiger partial charge on any atom is 0.262 e. The van der Waals surface area contributed by atoms with Crippen LogP contribution < -0.4 is 10.9 Å². The van der Waals surface area contributed by atoms with Gasteiger partial charge >= 0.3 is 0 Å². The number of furan rings is 1. The lowest BCUT2D eigenvalue weighted by molar-refractivity contribution is 0.0939. The van der Waals surface area contributed by atoms with Gasteiger partial charge in [0.1, 0.15) is 5.76 Å². The topological polar surface area (TPSA) is 83.3 Å². The summed E-state index contributed by atoms with van der Waals surface area (Å²) in [6.45, 7) is 3.07. The summed E-state index contributed by atoms with van der Waals surface area (Å²) in [5, 5.41) is 3.51. The normalized spacial score (nSPS) is 15.6. The monoisotopic (exact) mass is 412 g/mol. The van der Waals surface area contributed by atoms with Gasteiger partial charge in [-0.2, -0.15) is 0 Å². The minimum atomic E-state index is -0.210. The third kappa shape index (κ3) is 4.33. The van der Waals surface area contributed by atoms with Gasteiger partial charge in [0.25, 0.3) is 11.5 Å². The Kier molecular flexibility index (Phi) is 5.64. The Morgan fingerprint density at radius 2 is 2.10 bits per heavy atom. The molecule has 1 amide bonds. The molecule has 0 atom stereocenters. The molecule has 2 aromatic heterocycles. The van der Waals surface area contributed by atoms with Crippen LogP contribution in [0.25, 0.3) is 10.9 Å². The first-order chi connectivity index (χ1) is 14.0. The SMILES string of the molecule is CN1CCC(CNC(=O)c2ccc3c(=O)n(Cc4ccco4)c(=S)[nH]c3c2)CC1. The van der Waals surface area contributed by atoms with Crippen LogP contribution in [0.4, 0.5) is 0 Å². The molecule has 0 aliphatic carbocycles. The van der Waals surface area contributed by atoms with Gasteiger partial charge in [0.15, 0.2) is 4.77 Å². The maximum absolute atomic E-state index is 12.8. The van der Waals surface area contributed by atoms with Crippen LogP contribution >= 0.6 is 12.2 Å². The summed E-state index contributed by atoms with van der Waals surface area (Å²) in [7, 11) is 2.12. The van der Waals surface area contributed by atoms with Crippen LogP contribution in [-0.4, -0.2) is 47.0 Å². The molecule has 4 rings (SSSR count). The summed E-state index contributed by atoms with van der Waals surface area (Å²) < 4.78 is 7.07. The summed E-state index contributed by atoms with van der Waals surface area (Å²) in [6.07, 6.45) is 3.75. The number of H-pyrrole nitrogens is 1. The molecule has 29 heavy (non-hydrogen) atoms. The van der Waals surface area contributed by atoms with Crippen molar-refractivity contribution in [3.8, 4) is 0 Å². The number of hydrogen-bond donors (Lipinski definition) is 2. The first kappa shape index (κ1) is 19.6. The van der Waals surface area contributed by atoms with Crippen LogP contribution in [0, 0.1) is 10.7 Å². The number of likely N-dealkylation sites (tertiary alicyclic amines) is 1. The van der Waals surface area contributed by atoms with Crippen LogP contribution in [0.5, 0.6) is 0 Å². The maximum atomic E-state index is 12.8. The van der Waals surface area contributed by atoms with Gasteiger partial charge < -0.3 is 19.6 Å². The van der Waals surface area contributed by atoms with E-state index in [4.69, 9.17) is 16.6 Å². The lowest BCUT2D eigenvalue weighted by Gasteiger charge is -2.28. The molecule has 8 heteroatoms. The smallest absolute Gasteiger partial charge is 0.262 e. The Morgan fingerprint density at radius 1 is 1.31 bits per heavy atom. The molecular weight excluding hydrogens is 388 g/mol. The van der Waals surface area contributed by atoms with Crippen molar-refractivity contribution in [3.63, 3.8) is 0 Å². The fraction of sp³-hybridized carbons (Fsp3) is 0.381. The predicted molar refractivity (Wildman–Crippen MR) is 114 cm³/mol. The van der Waals surface area contributed by atoms with Crippen molar-refractivity contribution in [3.05, 3.63) is 63.0 Å². The van der Waals surface area contributed by atoms with E-state index < -0.39 is 0 Å². The van der Waals surface area contributed by atoms with E-state index in [1.807, 2.05) is 0 Å². The minimum absolute atomic E-state index is 0.134. The molecule has 3 heterocycles. The summed E-state index contributed by atoms with van der Waals surface area (Å²) >= 11 is 5.36. The second-order valence-corrected chi connectivity index (χ2v) is 8.00. The van der Waals surface area contributed by atoms with Crippen molar-refractivity contribution in [1.29, 1.82) is 0 Å². The standard InChI is InChI=1S/C21H24N4O3S/c1-24-8-6-14(7-9-24)12-22-19(26)15-4-5-17-18(11-15)23-21(29)25(20(17)27)13-16-3-2-10-28-16/h2-5,10-11,14H,6-9,12-13H2,1H3,(H,22,26)(H,23,29). The van der Waals surface area contributed by atoms with Crippen molar-refractivity contribution in [2.24, 2.45) is 5.92 Å². The average Bonchev–Trinajstić information content (AvgIpc) is 3.23. The highest BCUT2D eigenvalue weighted by Crippen LogP contribution is 2.16. The number of nitrogens with zero attached hydrogens (tertiary/aromatic N) is 2. The van der Waals surface area contributed by atoms with Crippen LogP contribution in [0.3, 0.4) is 0 Å². The van der Waals surface area contributed by atoms with Crippen molar-refractivity contribution >= 4 is 29.0 Å². The Bertz CT molecular complexity index is 1130. The van der Waals surface area contributed by atoms with Gasteiger partial charge in [-0.3, -0.25) is 14.2 Å². The van der Waals surface area contributed by atoms with Crippen LogP contribution in [0.1, 0.15) is 29.0 Å². The molecule has 0 bridgehead atoms. The summed E-state index contributed by atoms with van der Waals surface area (Å²) in [5.41, 5.74) is 0.861. The number of carbonyl (C=O) groups excluding carboxylic acids is 1. The third-order valence-electron chi connectivity index (χ3n) is 5.53. The number of piperidine rings is 1. The number of fused-ring (bicyclic) bond motifs is 1. The number of carbonyl (C=O) groups is 1. The largest absolute Gasteiger partial charge is 0.467 e. The highest BCUT2D eigenvalue weighted by atomic mass is 32.1. The van der Waals surface area contributed by atoms with Crippen molar-refractivity contribution in [1.82, 2.24) is 19.8 Å². The predicted octanol–water partition coefficient (Wildman–Crippen LogP) is 2.77. The van der Waals surface area contributed by atoms with Gasteiger partial charge in [-0.15, -0.1) is 0 Å². The van der Waals surface area contributed by atoms with Gasteiger partial charge in [0.05, 0.1) is 23.7 Å². The zero-order valence-corrected chi connectivity index (χ0v) is 17.1. The van der Waals surface area contributed by atoms with Crippen LogP contribution in [-0.2, 0) is 6.54 Å². The first-order valence-electron chi connectivity index (χ1n) is 9.77. The lowest BCUT2D eigenvalue weighted by atomic mass is 9.97. The molecule has 1 saturated heterocycles. The zero-order valence-electron chi connectivity index (χ0n) is 16.3. The molecule has 0 spiro atoms. The molecule has 1 fully saturated rings. The summed E-state index contributed by atoms with van der Waals surface area (Å²) in [5.74, 6) is 1.02. The molecule has 1 aliphatic heterocycles. The van der Waals surface area contributed by atoms with E-state index >= 15 is 0 Å². The van der Waals surface area contributed by atoms with E-state index in [1.54, 1.807) is 36.6 Å². The van der Waals surface area contributed by atoms with Crippen LogP contribution in [0.15, 0.2) is 45.8 Å². The third-order valence-corrected chi connectivity index (χ3v) is 5.85. The van der Waals surface area contributed by atoms with Crippen molar-refractivity contribution < 1.29 is 9.21 Å². The molecular formula is C21H24N4O3S. The highest BCUT2D eigenvalue weighted by Gasteiger charge is 2.18. The molecule has 0 saturated carbocycles. The Morgan fingerprint density at radius 3 is 2.83 bits per heavy atom. The highest BCUT2D eigenvalue weighted by molar-refractivity contribution is 7.71. The lowest BCUT2D eigenvalue weighted by Crippen LogP contribution is -2.36. The summed E-state index contributed by atoms with van der Waals surface area (Å²) in [4.78, 5) is 30.8. The quantitative estimate of drug-likeness (QED) is 0.630. The molecule has 7 nitrogen and oxygen atoms in total. The van der Waals surface area contributed by atoms with E-state index in [1.165, 1.54) is 4.57 Å². The van der Waals surface area contributed by atoms with Gasteiger partial charge in [0.2, 0.25) is 0 Å². The minimum Gasteiger partial charge on any atom is -0.467 e. The van der Waals surface area contributed by atoms with E-state index in [0.29, 0.717) is 39.5 Å².